The Balaban J connectivity index is 2.29. The van der Waals surface area contributed by atoms with Gasteiger partial charge in [0.15, 0.2) is 0 Å². The van der Waals surface area contributed by atoms with Gasteiger partial charge in [-0.1, -0.05) is 20.8 Å². The highest BCUT2D eigenvalue weighted by Gasteiger charge is 2.22. The molecule has 0 saturated carbocycles. The minimum atomic E-state index is 0.400. The van der Waals surface area contributed by atoms with Gasteiger partial charge in [-0.25, -0.2) is 0 Å². The van der Waals surface area contributed by atoms with Gasteiger partial charge in [0.2, 0.25) is 0 Å². The predicted molar refractivity (Wildman–Crippen MR) is 66.9 cm³/mol. The maximum absolute atomic E-state index is 6.15. The molecule has 0 bridgehead atoms. The fraction of sp³-hybridized carbons (Fsp3) is 1.00. The summed E-state index contributed by atoms with van der Waals surface area (Å²) < 4.78 is 0. The number of piperidine rings is 1. The summed E-state index contributed by atoms with van der Waals surface area (Å²) in [6.45, 7) is 10.6. The molecule has 0 aromatic rings. The molecule has 1 saturated heterocycles. The zero-order valence-electron chi connectivity index (χ0n) is 10.7. The Morgan fingerprint density at radius 2 is 2.13 bits per heavy atom. The Morgan fingerprint density at radius 1 is 1.40 bits per heavy atom. The minimum absolute atomic E-state index is 0.400. The van der Waals surface area contributed by atoms with Gasteiger partial charge < -0.3 is 10.6 Å². The molecule has 1 heterocycles. The van der Waals surface area contributed by atoms with Crippen LogP contribution < -0.4 is 5.73 Å². The number of nitrogens with zero attached hydrogens (tertiary/aromatic N) is 1. The smallest absolute Gasteiger partial charge is 0.00650 e. The average molecular weight is 212 g/mol. The van der Waals surface area contributed by atoms with Gasteiger partial charge in [0.25, 0.3) is 0 Å². The molecule has 2 atom stereocenters. The van der Waals surface area contributed by atoms with Crippen molar-refractivity contribution in [3.8, 4) is 0 Å². The van der Waals surface area contributed by atoms with Crippen LogP contribution in [0.15, 0.2) is 0 Å². The van der Waals surface area contributed by atoms with Gasteiger partial charge in [-0.05, 0) is 50.6 Å². The number of likely N-dealkylation sites (tertiary alicyclic amines) is 1. The fourth-order valence-corrected chi connectivity index (χ4v) is 2.52. The van der Waals surface area contributed by atoms with Crippen molar-refractivity contribution in [2.24, 2.45) is 17.6 Å². The SMILES string of the molecule is CCCN1CCCC(CC(N)C(C)C)C1. The summed E-state index contributed by atoms with van der Waals surface area (Å²) in [5, 5.41) is 0. The van der Waals surface area contributed by atoms with E-state index in [-0.39, 0.29) is 0 Å². The van der Waals surface area contributed by atoms with Gasteiger partial charge in [-0.2, -0.15) is 0 Å². The van der Waals surface area contributed by atoms with E-state index in [1.54, 1.807) is 0 Å². The van der Waals surface area contributed by atoms with Crippen LogP contribution in [0.4, 0.5) is 0 Å². The summed E-state index contributed by atoms with van der Waals surface area (Å²) in [7, 11) is 0. The van der Waals surface area contributed by atoms with Crippen molar-refractivity contribution in [1.82, 2.24) is 4.90 Å². The third-order valence-corrected chi connectivity index (χ3v) is 3.60. The van der Waals surface area contributed by atoms with Crippen LogP contribution in [-0.2, 0) is 0 Å². The fourth-order valence-electron chi connectivity index (χ4n) is 2.52. The molecule has 2 unspecified atom stereocenters. The van der Waals surface area contributed by atoms with Crippen molar-refractivity contribution < 1.29 is 0 Å². The molecular formula is C13H28N2. The summed E-state index contributed by atoms with van der Waals surface area (Å²) in [5.74, 6) is 1.48. The topological polar surface area (TPSA) is 29.3 Å². The molecule has 2 heteroatoms. The van der Waals surface area contributed by atoms with E-state index in [2.05, 4.69) is 25.7 Å². The molecule has 15 heavy (non-hydrogen) atoms. The first-order chi connectivity index (χ1) is 7.13. The molecule has 0 aromatic heterocycles. The lowest BCUT2D eigenvalue weighted by Crippen LogP contribution is -2.39. The van der Waals surface area contributed by atoms with Gasteiger partial charge >= 0.3 is 0 Å². The minimum Gasteiger partial charge on any atom is -0.327 e. The van der Waals surface area contributed by atoms with Crippen molar-refractivity contribution in [2.75, 3.05) is 19.6 Å². The summed E-state index contributed by atoms with van der Waals surface area (Å²) >= 11 is 0. The molecule has 1 aliphatic rings. The van der Waals surface area contributed by atoms with Crippen LogP contribution in [-0.4, -0.2) is 30.6 Å². The van der Waals surface area contributed by atoms with Crippen molar-refractivity contribution in [2.45, 2.75) is 52.5 Å². The third-order valence-electron chi connectivity index (χ3n) is 3.60. The van der Waals surface area contributed by atoms with Crippen LogP contribution in [0, 0.1) is 11.8 Å². The van der Waals surface area contributed by atoms with Crippen LogP contribution in [0.5, 0.6) is 0 Å². The van der Waals surface area contributed by atoms with E-state index in [0.29, 0.717) is 12.0 Å². The maximum atomic E-state index is 6.15. The van der Waals surface area contributed by atoms with Crippen LogP contribution >= 0.6 is 0 Å². The van der Waals surface area contributed by atoms with Gasteiger partial charge in [0.1, 0.15) is 0 Å². The second-order valence-corrected chi connectivity index (χ2v) is 5.45. The summed E-state index contributed by atoms with van der Waals surface area (Å²) in [6, 6.07) is 0.400. The van der Waals surface area contributed by atoms with E-state index < -0.39 is 0 Å². The van der Waals surface area contributed by atoms with E-state index in [0.717, 1.165) is 5.92 Å². The highest BCUT2D eigenvalue weighted by atomic mass is 15.1. The van der Waals surface area contributed by atoms with Crippen LogP contribution in [0.2, 0.25) is 0 Å². The molecule has 2 N–H and O–H groups in total. The van der Waals surface area contributed by atoms with E-state index in [1.165, 1.54) is 45.3 Å². The Morgan fingerprint density at radius 3 is 2.73 bits per heavy atom. The number of hydrogen-bond donors (Lipinski definition) is 1. The molecule has 0 spiro atoms. The highest BCUT2D eigenvalue weighted by Crippen LogP contribution is 2.22. The first kappa shape index (κ1) is 13.0. The lowest BCUT2D eigenvalue weighted by atomic mass is 9.88. The second-order valence-electron chi connectivity index (χ2n) is 5.45. The maximum Gasteiger partial charge on any atom is 0.00650 e. The molecule has 0 aromatic carbocycles. The molecule has 90 valence electrons. The highest BCUT2D eigenvalue weighted by molar-refractivity contribution is 4.77. The van der Waals surface area contributed by atoms with Crippen molar-refractivity contribution >= 4 is 0 Å². The standard InChI is InChI=1S/C13H28N2/c1-4-7-15-8-5-6-12(10-15)9-13(14)11(2)3/h11-13H,4-10,14H2,1-3H3. The second kappa shape index (κ2) is 6.49. The first-order valence-corrected chi connectivity index (χ1v) is 6.61. The Bertz CT molecular complexity index is 166. The molecule has 0 radical (unpaired) electrons. The number of rotatable bonds is 5. The molecule has 1 aliphatic heterocycles. The van der Waals surface area contributed by atoms with E-state index in [1.807, 2.05) is 0 Å². The van der Waals surface area contributed by atoms with E-state index in [4.69, 9.17) is 5.73 Å². The molecule has 2 nitrogen and oxygen atoms in total. The number of nitrogens with two attached hydrogens (primary N) is 1. The van der Waals surface area contributed by atoms with E-state index >= 15 is 0 Å². The number of hydrogen-bond acceptors (Lipinski definition) is 2. The van der Waals surface area contributed by atoms with Crippen LogP contribution in [0.25, 0.3) is 0 Å². The molecule has 0 aliphatic carbocycles. The van der Waals surface area contributed by atoms with Crippen LogP contribution in [0.3, 0.4) is 0 Å². The Hall–Kier alpha value is -0.0800. The molecule has 1 rings (SSSR count). The summed E-state index contributed by atoms with van der Waals surface area (Å²) in [5.41, 5.74) is 6.15. The van der Waals surface area contributed by atoms with E-state index in [9.17, 15) is 0 Å². The lowest BCUT2D eigenvalue weighted by Gasteiger charge is -2.34. The lowest BCUT2D eigenvalue weighted by molar-refractivity contribution is 0.159. The quantitative estimate of drug-likeness (QED) is 0.758. The predicted octanol–water partition coefficient (Wildman–Crippen LogP) is 2.48. The first-order valence-electron chi connectivity index (χ1n) is 6.61. The normalized spacial score (nSPS) is 25.8. The average Bonchev–Trinajstić information content (AvgIpc) is 2.18. The molecule has 0 amide bonds. The van der Waals surface area contributed by atoms with Gasteiger partial charge in [-0.3, -0.25) is 0 Å². The van der Waals surface area contributed by atoms with Crippen molar-refractivity contribution in [3.63, 3.8) is 0 Å². The Kier molecular flexibility index (Phi) is 5.62. The zero-order valence-corrected chi connectivity index (χ0v) is 10.7. The van der Waals surface area contributed by atoms with Gasteiger partial charge in [0.05, 0.1) is 0 Å². The van der Waals surface area contributed by atoms with Crippen molar-refractivity contribution in [1.29, 1.82) is 0 Å². The summed E-state index contributed by atoms with van der Waals surface area (Å²) in [6.07, 6.45) is 5.26. The zero-order chi connectivity index (χ0) is 11.3. The third kappa shape index (κ3) is 4.52. The Labute approximate surface area is 95.2 Å². The molecular weight excluding hydrogens is 184 g/mol. The van der Waals surface area contributed by atoms with Crippen LogP contribution in [0.1, 0.15) is 46.5 Å². The molecule has 1 fully saturated rings. The summed E-state index contributed by atoms with van der Waals surface area (Å²) in [4.78, 5) is 2.61. The van der Waals surface area contributed by atoms with Gasteiger partial charge in [-0.15, -0.1) is 0 Å². The van der Waals surface area contributed by atoms with Gasteiger partial charge in [0, 0.05) is 12.6 Å². The largest absolute Gasteiger partial charge is 0.327 e. The monoisotopic (exact) mass is 212 g/mol. The van der Waals surface area contributed by atoms with Crippen molar-refractivity contribution in [3.05, 3.63) is 0 Å².